The maximum absolute atomic E-state index is 12.2. The van der Waals surface area contributed by atoms with E-state index >= 15 is 0 Å². The van der Waals surface area contributed by atoms with Crippen molar-refractivity contribution in [1.82, 2.24) is 0 Å². The quantitative estimate of drug-likeness (QED) is 0.255. The normalized spacial score (nSPS) is 11.1. The number of carbonyl (C=O) groups is 1. The molecule has 0 saturated heterocycles. The fraction of sp³-hybridized carbons (Fsp3) is 0.471. The van der Waals surface area contributed by atoms with Crippen molar-refractivity contribution in [2.24, 2.45) is 0 Å². The summed E-state index contributed by atoms with van der Waals surface area (Å²) in [7, 11) is 10.9. The maximum atomic E-state index is 12.2. The lowest BCUT2D eigenvalue weighted by atomic mass is 10.1. The minimum absolute atomic E-state index is 0.0625. The van der Waals surface area contributed by atoms with Gasteiger partial charge in [-0.3, -0.25) is 4.89 Å². The summed E-state index contributed by atoms with van der Waals surface area (Å²) in [5, 5.41) is 0. The molecule has 27 heavy (non-hydrogen) atoms. The van der Waals surface area contributed by atoms with Gasteiger partial charge in [-0.1, -0.05) is 0 Å². The Labute approximate surface area is 157 Å². The summed E-state index contributed by atoms with van der Waals surface area (Å²) in [4.78, 5) is 21.1. The molecule has 10 heteroatoms. The van der Waals surface area contributed by atoms with Crippen LogP contribution in [0.4, 0.5) is 0 Å². The summed E-state index contributed by atoms with van der Waals surface area (Å²) >= 11 is 0. The van der Waals surface area contributed by atoms with Gasteiger partial charge in [-0.15, -0.1) is 0 Å². The Kier molecular flexibility index (Phi) is 8.34. The van der Waals surface area contributed by atoms with Crippen LogP contribution in [0.25, 0.3) is 5.76 Å². The molecule has 0 bridgehead atoms. The molecule has 0 N–H and O–H groups in total. The molecule has 152 valence electrons. The Hall–Kier alpha value is -3.01. The minimum Gasteiger partial charge on any atom is -0.492 e. The zero-order valence-electron chi connectivity index (χ0n) is 16.6. The fourth-order valence-corrected chi connectivity index (χ4v) is 2.48. The highest BCUT2D eigenvalue weighted by Gasteiger charge is 2.34. The van der Waals surface area contributed by atoms with Gasteiger partial charge in [0.25, 0.3) is 5.76 Å². The van der Waals surface area contributed by atoms with Crippen LogP contribution in [0.2, 0.25) is 0 Å². The van der Waals surface area contributed by atoms with E-state index in [4.69, 9.17) is 33.2 Å². The standard InChI is InChI=1S/C17H24O10/c1-19-10-9(12(21-3)16(25-7)17(18)27-26-8)11(20-2)14(23-5)15(24-6)13(10)22-4/h1-8H3. The van der Waals surface area contributed by atoms with Crippen molar-refractivity contribution in [3.63, 3.8) is 0 Å². The first-order chi connectivity index (χ1) is 13.0. The van der Waals surface area contributed by atoms with Crippen LogP contribution in [0.5, 0.6) is 28.7 Å². The first-order valence-corrected chi connectivity index (χ1v) is 7.52. The van der Waals surface area contributed by atoms with E-state index in [2.05, 4.69) is 9.78 Å². The summed E-state index contributed by atoms with van der Waals surface area (Å²) < 4.78 is 37.7. The molecule has 0 radical (unpaired) electrons. The Morgan fingerprint density at radius 3 is 1.30 bits per heavy atom. The molecule has 0 saturated carbocycles. The second kappa shape index (κ2) is 10.2. The van der Waals surface area contributed by atoms with Crippen LogP contribution in [0.1, 0.15) is 5.56 Å². The van der Waals surface area contributed by atoms with Crippen LogP contribution in [-0.4, -0.2) is 62.8 Å². The summed E-state index contributed by atoms with van der Waals surface area (Å²) in [6.45, 7) is 0. The summed E-state index contributed by atoms with van der Waals surface area (Å²) in [5.74, 6) is -0.374. The van der Waals surface area contributed by atoms with Gasteiger partial charge < -0.3 is 33.2 Å². The van der Waals surface area contributed by atoms with E-state index in [0.717, 1.165) is 0 Å². The molecule has 0 heterocycles. The predicted molar refractivity (Wildman–Crippen MR) is 93.2 cm³/mol. The number of hydrogen-bond acceptors (Lipinski definition) is 10. The molecule has 0 unspecified atom stereocenters. The molecule has 0 atom stereocenters. The highest BCUT2D eigenvalue weighted by atomic mass is 17.2. The highest BCUT2D eigenvalue weighted by Crippen LogP contribution is 2.55. The molecule has 0 aliphatic carbocycles. The third-order valence-corrected chi connectivity index (χ3v) is 3.49. The van der Waals surface area contributed by atoms with Crippen molar-refractivity contribution >= 4 is 11.7 Å². The molecular weight excluding hydrogens is 364 g/mol. The van der Waals surface area contributed by atoms with Crippen molar-refractivity contribution in [2.45, 2.75) is 0 Å². The molecule has 0 aliphatic heterocycles. The lowest BCUT2D eigenvalue weighted by Crippen LogP contribution is -2.13. The average molecular weight is 388 g/mol. The third kappa shape index (κ3) is 4.05. The SMILES string of the molecule is COOC(=O)C(OC)=C(OC)c1c(OC)c(OC)c(OC)c(OC)c1OC. The van der Waals surface area contributed by atoms with Gasteiger partial charge in [-0.25, -0.2) is 4.79 Å². The topological polar surface area (TPSA) is 100 Å². The molecule has 1 rings (SSSR count). The number of benzene rings is 1. The van der Waals surface area contributed by atoms with Crippen LogP contribution in [0.3, 0.4) is 0 Å². The van der Waals surface area contributed by atoms with Crippen LogP contribution in [0.15, 0.2) is 5.76 Å². The van der Waals surface area contributed by atoms with E-state index in [1.807, 2.05) is 0 Å². The fourth-order valence-electron chi connectivity index (χ4n) is 2.48. The molecule has 0 aromatic heterocycles. The smallest absolute Gasteiger partial charge is 0.411 e. The first-order valence-electron chi connectivity index (χ1n) is 7.52. The van der Waals surface area contributed by atoms with Crippen molar-refractivity contribution < 1.29 is 47.7 Å². The first kappa shape index (κ1) is 22.0. The molecule has 0 aliphatic rings. The van der Waals surface area contributed by atoms with E-state index in [1.165, 1.54) is 56.9 Å². The van der Waals surface area contributed by atoms with Crippen LogP contribution in [0, 0.1) is 0 Å². The van der Waals surface area contributed by atoms with Crippen LogP contribution in [-0.2, 0) is 24.0 Å². The van der Waals surface area contributed by atoms with E-state index in [-0.39, 0.29) is 45.8 Å². The Balaban J connectivity index is 4.06. The number of carbonyl (C=O) groups excluding carboxylic acids is 1. The summed E-state index contributed by atoms with van der Waals surface area (Å²) in [6, 6.07) is 0. The lowest BCUT2D eigenvalue weighted by molar-refractivity contribution is -0.253. The summed E-state index contributed by atoms with van der Waals surface area (Å²) in [6.07, 6.45) is 0. The number of hydrogen-bond donors (Lipinski definition) is 0. The van der Waals surface area contributed by atoms with Gasteiger partial charge in [-0.2, -0.15) is 4.89 Å². The van der Waals surface area contributed by atoms with Crippen molar-refractivity contribution in [3.05, 3.63) is 11.3 Å². The average Bonchev–Trinajstić information content (AvgIpc) is 2.69. The maximum Gasteiger partial charge on any atom is 0.411 e. The molecule has 0 spiro atoms. The van der Waals surface area contributed by atoms with E-state index in [9.17, 15) is 4.79 Å². The van der Waals surface area contributed by atoms with Gasteiger partial charge in [-0.05, 0) is 0 Å². The van der Waals surface area contributed by atoms with Crippen LogP contribution >= 0.6 is 0 Å². The number of rotatable bonds is 10. The Morgan fingerprint density at radius 2 is 1.00 bits per heavy atom. The van der Waals surface area contributed by atoms with Crippen molar-refractivity contribution in [2.75, 3.05) is 56.9 Å². The van der Waals surface area contributed by atoms with Gasteiger partial charge in [0.1, 0.15) is 5.56 Å². The van der Waals surface area contributed by atoms with Gasteiger partial charge in [0.15, 0.2) is 17.3 Å². The van der Waals surface area contributed by atoms with E-state index in [0.29, 0.717) is 0 Å². The Bertz CT molecular complexity index is 662. The van der Waals surface area contributed by atoms with E-state index in [1.54, 1.807) is 0 Å². The van der Waals surface area contributed by atoms with Crippen molar-refractivity contribution in [1.29, 1.82) is 0 Å². The highest BCUT2D eigenvalue weighted by molar-refractivity contribution is 5.96. The molecule has 0 fully saturated rings. The summed E-state index contributed by atoms with van der Waals surface area (Å²) in [5.41, 5.74) is 0.182. The second-order valence-electron chi connectivity index (χ2n) is 4.65. The minimum atomic E-state index is -0.935. The number of ether oxygens (including phenoxy) is 7. The monoisotopic (exact) mass is 388 g/mol. The third-order valence-electron chi connectivity index (χ3n) is 3.49. The number of methoxy groups -OCH3 is 7. The zero-order valence-corrected chi connectivity index (χ0v) is 16.6. The molecule has 1 aromatic rings. The largest absolute Gasteiger partial charge is 0.492 e. The van der Waals surface area contributed by atoms with Gasteiger partial charge in [0.05, 0.1) is 56.9 Å². The lowest BCUT2D eigenvalue weighted by Gasteiger charge is -2.23. The predicted octanol–water partition coefficient (Wildman–Crippen LogP) is 1.80. The molecule has 0 amide bonds. The van der Waals surface area contributed by atoms with Gasteiger partial charge in [0.2, 0.25) is 17.2 Å². The van der Waals surface area contributed by atoms with Crippen LogP contribution < -0.4 is 23.7 Å². The van der Waals surface area contributed by atoms with E-state index < -0.39 is 5.97 Å². The van der Waals surface area contributed by atoms with Gasteiger partial charge >= 0.3 is 5.97 Å². The molecule has 1 aromatic carbocycles. The molecule has 10 nitrogen and oxygen atoms in total. The Morgan fingerprint density at radius 1 is 0.593 bits per heavy atom. The second-order valence-corrected chi connectivity index (χ2v) is 4.65. The zero-order chi connectivity index (χ0) is 20.6. The van der Waals surface area contributed by atoms with Crippen molar-refractivity contribution in [3.8, 4) is 28.7 Å². The molecular formula is C17H24O10. The van der Waals surface area contributed by atoms with Gasteiger partial charge in [0, 0.05) is 0 Å².